The largest absolute Gasteiger partial charge is 0.456 e. The van der Waals surface area contributed by atoms with E-state index >= 15 is 0 Å². The van der Waals surface area contributed by atoms with Gasteiger partial charge in [-0.1, -0.05) is 133 Å². The van der Waals surface area contributed by atoms with Crippen LogP contribution in [0.5, 0.6) is 0 Å². The van der Waals surface area contributed by atoms with E-state index in [0.29, 0.717) is 18.2 Å². The molecule has 52 heavy (non-hydrogen) atoms. The number of amidine groups is 2. The third-order valence-electron chi connectivity index (χ3n) is 9.98. The standard InChI is InChI=1S/C47H31N3OS/c48-46(50-47(49-28-29-12-2-1-3-13-29)39-26-30-14-4-5-15-32(30)34-16-6-7-17-35(34)39)38-21-11-22-42-44(38)40-27-31(24-25-41(40)51-42)33-19-10-20-37-36-18-8-9-23-43(36)52-45(33)37/h1-27H,28H2,(H2,48,49,50). The molecule has 0 saturated carbocycles. The van der Waals surface area contributed by atoms with E-state index in [2.05, 4.69) is 127 Å². The molecular weight excluding hydrogens is 655 g/mol. The molecule has 0 fully saturated rings. The molecule has 8 aromatic carbocycles. The second-order valence-electron chi connectivity index (χ2n) is 13.1. The minimum absolute atomic E-state index is 0.384. The van der Waals surface area contributed by atoms with Crippen molar-refractivity contribution in [2.45, 2.75) is 6.54 Å². The molecule has 0 unspecified atom stereocenters. The van der Waals surface area contributed by atoms with Crippen LogP contribution in [-0.4, -0.2) is 11.7 Å². The predicted molar refractivity (Wildman–Crippen MR) is 221 cm³/mol. The molecule has 2 heterocycles. The lowest BCUT2D eigenvalue weighted by molar-refractivity contribution is 0.669. The molecule has 2 N–H and O–H groups in total. The molecule has 0 spiro atoms. The summed E-state index contributed by atoms with van der Waals surface area (Å²) in [7, 11) is 0. The number of hydrogen-bond acceptors (Lipinski definition) is 3. The van der Waals surface area contributed by atoms with Crippen molar-refractivity contribution >= 4 is 86.7 Å². The van der Waals surface area contributed by atoms with Crippen LogP contribution in [0.2, 0.25) is 0 Å². The highest BCUT2D eigenvalue weighted by molar-refractivity contribution is 7.26. The molecular formula is C47H31N3OS. The highest BCUT2D eigenvalue weighted by Crippen LogP contribution is 2.42. The maximum Gasteiger partial charge on any atom is 0.157 e. The Hall–Kier alpha value is -6.56. The minimum atomic E-state index is 0.384. The Balaban J connectivity index is 1.16. The van der Waals surface area contributed by atoms with Gasteiger partial charge in [0.05, 0.1) is 6.54 Å². The van der Waals surface area contributed by atoms with Gasteiger partial charge in [-0.05, 0) is 68.6 Å². The fraction of sp³-hybridized carbons (Fsp3) is 0.0213. The molecule has 10 aromatic rings. The summed E-state index contributed by atoms with van der Waals surface area (Å²) in [6, 6.07) is 57.0. The van der Waals surface area contributed by atoms with Gasteiger partial charge in [0.25, 0.3) is 0 Å². The van der Waals surface area contributed by atoms with Crippen LogP contribution in [0.3, 0.4) is 0 Å². The third kappa shape index (κ3) is 5.05. The lowest BCUT2D eigenvalue weighted by Crippen LogP contribution is -2.17. The quantitative estimate of drug-likeness (QED) is 0.111. The second-order valence-corrected chi connectivity index (χ2v) is 14.1. The van der Waals surface area contributed by atoms with Gasteiger partial charge in [-0.15, -0.1) is 11.3 Å². The first-order chi connectivity index (χ1) is 25.7. The summed E-state index contributed by atoms with van der Waals surface area (Å²) >= 11 is 1.84. The first-order valence-corrected chi connectivity index (χ1v) is 18.2. The molecule has 0 aliphatic heterocycles. The van der Waals surface area contributed by atoms with Crippen LogP contribution in [0.4, 0.5) is 0 Å². The van der Waals surface area contributed by atoms with Crippen molar-refractivity contribution in [2.75, 3.05) is 0 Å². The first kappa shape index (κ1) is 30.3. The van der Waals surface area contributed by atoms with E-state index in [1.54, 1.807) is 0 Å². The SMILES string of the molecule is NC(=NC(=NCc1ccccc1)c1cc2ccccc2c2ccccc12)c1cccc2oc3ccc(-c4cccc5c4sc4ccccc45)cc3c12. The Morgan fingerprint density at radius 3 is 2.17 bits per heavy atom. The maximum atomic E-state index is 7.07. The number of furan rings is 1. The Morgan fingerprint density at radius 2 is 1.29 bits per heavy atom. The number of nitrogens with zero attached hydrogens (tertiary/aromatic N) is 2. The van der Waals surface area contributed by atoms with Crippen LogP contribution in [0, 0.1) is 0 Å². The van der Waals surface area contributed by atoms with Gasteiger partial charge >= 0.3 is 0 Å². The molecule has 0 radical (unpaired) electrons. The maximum absolute atomic E-state index is 7.07. The van der Waals surface area contributed by atoms with E-state index in [1.807, 2.05) is 47.7 Å². The van der Waals surface area contributed by atoms with Gasteiger partial charge in [0.1, 0.15) is 17.0 Å². The Bertz CT molecular complexity index is 3060. The fourth-order valence-electron chi connectivity index (χ4n) is 7.53. The van der Waals surface area contributed by atoms with Gasteiger partial charge in [-0.3, -0.25) is 4.99 Å². The van der Waals surface area contributed by atoms with Gasteiger partial charge in [0.15, 0.2) is 5.84 Å². The number of aliphatic imine (C=N–C) groups is 2. The zero-order chi connectivity index (χ0) is 34.6. The average molecular weight is 686 g/mol. The van der Waals surface area contributed by atoms with Crippen LogP contribution in [0.25, 0.3) is 74.8 Å². The van der Waals surface area contributed by atoms with Crippen molar-refractivity contribution in [3.63, 3.8) is 0 Å². The summed E-state index contributed by atoms with van der Waals surface area (Å²) in [5.74, 6) is 0.972. The van der Waals surface area contributed by atoms with Gasteiger partial charge in [-0.2, -0.15) is 0 Å². The number of fused-ring (bicyclic) bond motifs is 9. The summed E-state index contributed by atoms with van der Waals surface area (Å²) in [6.07, 6.45) is 0. The second kappa shape index (κ2) is 12.3. The number of nitrogens with two attached hydrogens (primary N) is 1. The van der Waals surface area contributed by atoms with Crippen molar-refractivity contribution in [1.29, 1.82) is 0 Å². The van der Waals surface area contributed by atoms with Crippen LogP contribution in [0.1, 0.15) is 16.7 Å². The van der Waals surface area contributed by atoms with Crippen molar-refractivity contribution in [2.24, 2.45) is 15.7 Å². The molecule has 0 bridgehead atoms. The van der Waals surface area contributed by atoms with Crippen molar-refractivity contribution in [1.82, 2.24) is 0 Å². The molecule has 0 aliphatic rings. The summed E-state index contributed by atoms with van der Waals surface area (Å²) in [6.45, 7) is 0.472. The summed E-state index contributed by atoms with van der Waals surface area (Å²) in [5.41, 5.74) is 13.8. The van der Waals surface area contributed by atoms with Crippen molar-refractivity contribution in [3.05, 3.63) is 180 Å². The minimum Gasteiger partial charge on any atom is -0.456 e. The monoisotopic (exact) mass is 685 g/mol. The van der Waals surface area contributed by atoms with Gasteiger partial charge < -0.3 is 10.2 Å². The summed E-state index contributed by atoms with van der Waals surface area (Å²) in [5, 5.41) is 9.05. The smallest absolute Gasteiger partial charge is 0.157 e. The molecule has 246 valence electrons. The van der Waals surface area contributed by atoms with Crippen LogP contribution in [-0.2, 0) is 6.54 Å². The molecule has 0 saturated heterocycles. The number of thiophene rings is 1. The molecule has 0 atom stereocenters. The highest BCUT2D eigenvalue weighted by atomic mass is 32.1. The van der Waals surface area contributed by atoms with E-state index < -0.39 is 0 Å². The Morgan fingerprint density at radius 1 is 0.558 bits per heavy atom. The van der Waals surface area contributed by atoms with Crippen LogP contribution < -0.4 is 5.73 Å². The average Bonchev–Trinajstić information content (AvgIpc) is 3.78. The van der Waals surface area contributed by atoms with Gasteiger partial charge in [0.2, 0.25) is 0 Å². The van der Waals surface area contributed by atoms with Gasteiger partial charge in [0, 0.05) is 42.1 Å². The number of rotatable bonds is 5. The van der Waals surface area contributed by atoms with Gasteiger partial charge in [-0.25, -0.2) is 4.99 Å². The first-order valence-electron chi connectivity index (χ1n) is 17.4. The van der Waals surface area contributed by atoms with Crippen LogP contribution >= 0.6 is 11.3 Å². The zero-order valence-corrected chi connectivity index (χ0v) is 28.9. The van der Waals surface area contributed by atoms with E-state index in [9.17, 15) is 0 Å². The van der Waals surface area contributed by atoms with Crippen molar-refractivity contribution < 1.29 is 4.42 Å². The topological polar surface area (TPSA) is 63.9 Å². The summed E-state index contributed by atoms with van der Waals surface area (Å²) in [4.78, 5) is 10.3. The van der Waals surface area contributed by atoms with Crippen molar-refractivity contribution in [3.8, 4) is 11.1 Å². The van der Waals surface area contributed by atoms with E-state index in [0.717, 1.165) is 60.4 Å². The molecule has 0 amide bonds. The molecule has 10 rings (SSSR count). The summed E-state index contributed by atoms with van der Waals surface area (Å²) < 4.78 is 9.00. The van der Waals surface area contributed by atoms with E-state index in [4.69, 9.17) is 20.1 Å². The van der Waals surface area contributed by atoms with Crippen LogP contribution in [0.15, 0.2) is 178 Å². The Labute approximate surface area is 303 Å². The Kier molecular flexibility index (Phi) is 7.18. The van der Waals surface area contributed by atoms with E-state index in [-0.39, 0.29) is 0 Å². The highest BCUT2D eigenvalue weighted by Gasteiger charge is 2.18. The normalized spacial score (nSPS) is 12.6. The number of hydrogen-bond donors (Lipinski definition) is 1. The lowest BCUT2D eigenvalue weighted by Gasteiger charge is -2.12. The predicted octanol–water partition coefficient (Wildman–Crippen LogP) is 12.3. The molecule has 0 aliphatic carbocycles. The zero-order valence-electron chi connectivity index (χ0n) is 28.1. The third-order valence-corrected chi connectivity index (χ3v) is 11.2. The molecule has 5 heteroatoms. The lowest BCUT2D eigenvalue weighted by atomic mass is 9.96. The molecule has 4 nitrogen and oxygen atoms in total. The molecule has 2 aromatic heterocycles. The fourth-order valence-corrected chi connectivity index (χ4v) is 8.76. The number of benzene rings is 8. The van der Waals surface area contributed by atoms with E-state index in [1.165, 1.54) is 31.1 Å².